The summed E-state index contributed by atoms with van der Waals surface area (Å²) in [6, 6.07) is 11.6. The summed E-state index contributed by atoms with van der Waals surface area (Å²) in [6.07, 6.45) is 4.13. The number of ether oxygens (including phenoxy) is 1. The standard InChI is InChI=1S/C20H14Cl2N2O3S/c1-27-19-8-15(28(2,25)26)7-17(16-4-3-14(21)6-18(16)22)20(19)13-5-12(9-23)10-24-11-13/h3-8,10-11H,1-2H3. The van der Waals surface area contributed by atoms with Crippen LogP contribution in [-0.4, -0.2) is 26.8 Å². The zero-order chi connectivity index (χ0) is 20.5. The SMILES string of the molecule is COc1cc(S(C)(=O)=O)cc(-c2ccc(Cl)cc2Cl)c1-c1cncc(C#N)c1. The summed E-state index contributed by atoms with van der Waals surface area (Å²) in [5, 5.41) is 10.0. The van der Waals surface area contributed by atoms with E-state index in [2.05, 4.69) is 4.98 Å². The number of nitriles is 1. The van der Waals surface area contributed by atoms with Gasteiger partial charge in [0.05, 0.1) is 17.6 Å². The lowest BCUT2D eigenvalue weighted by molar-refractivity contribution is 0.415. The molecule has 3 rings (SSSR count). The van der Waals surface area contributed by atoms with Crippen LogP contribution in [0.25, 0.3) is 22.3 Å². The van der Waals surface area contributed by atoms with Gasteiger partial charge in [-0.3, -0.25) is 4.98 Å². The van der Waals surface area contributed by atoms with Gasteiger partial charge in [-0.05, 0) is 35.9 Å². The monoisotopic (exact) mass is 432 g/mol. The Bertz CT molecular complexity index is 1220. The molecule has 28 heavy (non-hydrogen) atoms. The minimum atomic E-state index is -3.52. The van der Waals surface area contributed by atoms with Crippen molar-refractivity contribution >= 4 is 33.0 Å². The lowest BCUT2D eigenvalue weighted by Gasteiger charge is -2.17. The number of methoxy groups -OCH3 is 1. The van der Waals surface area contributed by atoms with Crippen LogP contribution in [0.4, 0.5) is 0 Å². The lowest BCUT2D eigenvalue weighted by atomic mass is 9.94. The predicted octanol–water partition coefficient (Wildman–Crippen LogP) is 5.01. The van der Waals surface area contributed by atoms with Gasteiger partial charge in [-0.1, -0.05) is 29.3 Å². The number of nitrogens with zero attached hydrogens (tertiary/aromatic N) is 2. The second kappa shape index (κ2) is 7.80. The summed E-state index contributed by atoms with van der Waals surface area (Å²) in [7, 11) is -2.07. The Kier molecular flexibility index (Phi) is 5.61. The highest BCUT2D eigenvalue weighted by molar-refractivity contribution is 7.90. The van der Waals surface area contributed by atoms with Crippen molar-refractivity contribution in [2.24, 2.45) is 0 Å². The fourth-order valence-corrected chi connectivity index (χ4v) is 3.98. The molecule has 0 spiro atoms. The Hall–Kier alpha value is -2.59. The number of hydrogen-bond donors (Lipinski definition) is 0. The van der Waals surface area contributed by atoms with Crippen molar-refractivity contribution in [3.8, 4) is 34.1 Å². The number of hydrogen-bond acceptors (Lipinski definition) is 5. The quantitative estimate of drug-likeness (QED) is 0.578. The molecule has 0 amide bonds. The molecule has 0 atom stereocenters. The van der Waals surface area contributed by atoms with Crippen molar-refractivity contribution in [3.05, 3.63) is 64.4 Å². The molecule has 0 N–H and O–H groups in total. The van der Waals surface area contributed by atoms with Crippen LogP contribution >= 0.6 is 23.2 Å². The van der Waals surface area contributed by atoms with E-state index in [9.17, 15) is 13.7 Å². The van der Waals surface area contributed by atoms with Crippen molar-refractivity contribution in [1.82, 2.24) is 4.98 Å². The Morgan fingerprint density at radius 2 is 1.82 bits per heavy atom. The summed E-state index contributed by atoms with van der Waals surface area (Å²) in [4.78, 5) is 4.18. The first-order chi connectivity index (χ1) is 13.2. The summed E-state index contributed by atoms with van der Waals surface area (Å²) in [5.74, 6) is 0.320. The van der Waals surface area contributed by atoms with Crippen LogP contribution in [0.1, 0.15) is 5.56 Å². The van der Waals surface area contributed by atoms with Gasteiger partial charge in [0.15, 0.2) is 9.84 Å². The zero-order valence-electron chi connectivity index (χ0n) is 14.9. The van der Waals surface area contributed by atoms with Gasteiger partial charge in [-0.15, -0.1) is 0 Å². The van der Waals surface area contributed by atoms with Crippen LogP contribution in [0.2, 0.25) is 10.0 Å². The number of rotatable bonds is 4. The maximum absolute atomic E-state index is 12.2. The van der Waals surface area contributed by atoms with Crippen molar-refractivity contribution in [3.63, 3.8) is 0 Å². The smallest absolute Gasteiger partial charge is 0.175 e. The Labute approximate surface area is 173 Å². The lowest BCUT2D eigenvalue weighted by Crippen LogP contribution is -2.01. The second-order valence-corrected chi connectivity index (χ2v) is 8.88. The minimum absolute atomic E-state index is 0.0820. The fourth-order valence-electron chi connectivity index (χ4n) is 2.82. The highest BCUT2D eigenvalue weighted by Crippen LogP contribution is 2.43. The number of aromatic nitrogens is 1. The van der Waals surface area contributed by atoms with Gasteiger partial charge in [-0.2, -0.15) is 5.26 Å². The van der Waals surface area contributed by atoms with Crippen LogP contribution < -0.4 is 4.74 Å². The van der Waals surface area contributed by atoms with Crippen LogP contribution in [0.15, 0.2) is 53.7 Å². The Morgan fingerprint density at radius 3 is 2.43 bits per heavy atom. The first-order valence-electron chi connectivity index (χ1n) is 7.97. The second-order valence-electron chi connectivity index (χ2n) is 6.02. The first-order valence-corrected chi connectivity index (χ1v) is 10.6. The number of benzene rings is 2. The van der Waals surface area contributed by atoms with Crippen molar-refractivity contribution in [2.45, 2.75) is 4.90 Å². The zero-order valence-corrected chi connectivity index (χ0v) is 17.2. The summed E-state index contributed by atoms with van der Waals surface area (Å²) < 4.78 is 29.9. The Balaban J connectivity index is 2.44. The molecule has 5 nitrogen and oxygen atoms in total. The molecule has 8 heteroatoms. The van der Waals surface area contributed by atoms with Crippen LogP contribution in [0.3, 0.4) is 0 Å². The van der Waals surface area contributed by atoms with Gasteiger partial charge in [0, 0.05) is 45.4 Å². The molecule has 0 fully saturated rings. The van der Waals surface area contributed by atoms with Crippen molar-refractivity contribution in [2.75, 3.05) is 13.4 Å². The van der Waals surface area contributed by atoms with Gasteiger partial charge in [0.2, 0.25) is 0 Å². The number of sulfone groups is 1. The molecule has 0 radical (unpaired) electrons. The van der Waals surface area contributed by atoms with Gasteiger partial charge in [-0.25, -0.2) is 8.42 Å². The van der Waals surface area contributed by atoms with Crippen molar-refractivity contribution in [1.29, 1.82) is 5.26 Å². The molecule has 1 aromatic heterocycles. The topological polar surface area (TPSA) is 80.1 Å². The summed E-state index contributed by atoms with van der Waals surface area (Å²) >= 11 is 12.4. The molecule has 0 bridgehead atoms. The molecule has 2 aromatic carbocycles. The van der Waals surface area contributed by atoms with Crippen molar-refractivity contribution < 1.29 is 13.2 Å². The van der Waals surface area contributed by atoms with E-state index in [1.165, 1.54) is 25.4 Å². The number of halogens is 2. The van der Waals surface area contributed by atoms with E-state index in [0.29, 0.717) is 43.6 Å². The molecule has 0 saturated heterocycles. The van der Waals surface area contributed by atoms with Gasteiger partial charge in [0.25, 0.3) is 0 Å². The maximum atomic E-state index is 12.2. The average Bonchev–Trinajstić information content (AvgIpc) is 2.66. The average molecular weight is 433 g/mol. The number of pyridine rings is 1. The van der Waals surface area contributed by atoms with Crippen LogP contribution in [0.5, 0.6) is 5.75 Å². The van der Waals surface area contributed by atoms with E-state index in [1.807, 2.05) is 6.07 Å². The highest BCUT2D eigenvalue weighted by Gasteiger charge is 2.21. The largest absolute Gasteiger partial charge is 0.496 e. The Morgan fingerprint density at radius 1 is 1.07 bits per heavy atom. The van der Waals surface area contributed by atoms with E-state index in [-0.39, 0.29) is 4.90 Å². The third-order valence-electron chi connectivity index (χ3n) is 4.10. The van der Waals surface area contributed by atoms with E-state index in [0.717, 1.165) is 6.26 Å². The molecule has 0 aliphatic rings. The van der Waals surface area contributed by atoms with Gasteiger partial charge >= 0.3 is 0 Å². The van der Waals surface area contributed by atoms with E-state index in [4.69, 9.17) is 27.9 Å². The van der Waals surface area contributed by atoms with E-state index in [1.54, 1.807) is 30.5 Å². The first kappa shape index (κ1) is 20.2. The van der Waals surface area contributed by atoms with Gasteiger partial charge < -0.3 is 4.74 Å². The minimum Gasteiger partial charge on any atom is -0.496 e. The molecular formula is C20H14Cl2N2O3S. The molecular weight excluding hydrogens is 419 g/mol. The molecule has 0 aliphatic carbocycles. The maximum Gasteiger partial charge on any atom is 0.175 e. The molecule has 0 unspecified atom stereocenters. The van der Waals surface area contributed by atoms with Crippen LogP contribution in [-0.2, 0) is 9.84 Å². The third-order valence-corrected chi connectivity index (χ3v) is 5.74. The molecule has 3 aromatic rings. The highest BCUT2D eigenvalue weighted by atomic mass is 35.5. The summed E-state index contributed by atoms with van der Waals surface area (Å²) in [6.45, 7) is 0. The predicted molar refractivity (Wildman–Crippen MR) is 110 cm³/mol. The molecule has 0 saturated carbocycles. The molecule has 142 valence electrons. The van der Waals surface area contributed by atoms with E-state index >= 15 is 0 Å². The fraction of sp³-hybridized carbons (Fsp3) is 0.100. The van der Waals surface area contributed by atoms with Gasteiger partial charge in [0.1, 0.15) is 11.8 Å². The van der Waals surface area contributed by atoms with Crippen LogP contribution in [0, 0.1) is 11.3 Å². The molecule has 1 heterocycles. The van der Waals surface area contributed by atoms with E-state index < -0.39 is 9.84 Å². The normalized spacial score (nSPS) is 11.1. The third kappa shape index (κ3) is 3.97. The summed E-state index contributed by atoms with van der Waals surface area (Å²) in [5.41, 5.74) is 2.63. The molecule has 0 aliphatic heterocycles.